The third-order valence-electron chi connectivity index (χ3n) is 11.9. The first kappa shape index (κ1) is 34.5. The predicted octanol–water partition coefficient (Wildman–Crippen LogP) is 8.59. The molecule has 6 nitrogen and oxygen atoms in total. The van der Waals surface area contributed by atoms with E-state index in [0.717, 1.165) is 89.3 Å². The maximum atomic E-state index is 12.2. The fourth-order valence-electron chi connectivity index (χ4n) is 9.41. The van der Waals surface area contributed by atoms with Crippen molar-refractivity contribution in [2.75, 3.05) is 20.2 Å². The largest absolute Gasteiger partial charge is 0.494 e. The number of hydrogen-bond donors (Lipinski definition) is 1. The van der Waals surface area contributed by atoms with Crippen LogP contribution in [0.15, 0.2) is 42.5 Å². The van der Waals surface area contributed by atoms with Gasteiger partial charge in [-0.1, -0.05) is 64.7 Å². The Morgan fingerprint density at radius 2 is 1.65 bits per heavy atom. The van der Waals surface area contributed by atoms with Crippen LogP contribution >= 0.6 is 0 Å². The van der Waals surface area contributed by atoms with Crippen molar-refractivity contribution < 1.29 is 24.2 Å². The lowest BCUT2D eigenvalue weighted by Crippen LogP contribution is -2.52. The highest BCUT2D eigenvalue weighted by Gasteiger charge is 2.62. The highest BCUT2D eigenvalue weighted by atomic mass is 16.5. The molecule has 1 amide bonds. The second kappa shape index (κ2) is 14.9. The first-order valence-corrected chi connectivity index (χ1v) is 18.0. The zero-order chi connectivity index (χ0) is 32.9. The quantitative estimate of drug-likeness (QED) is 0.128. The van der Waals surface area contributed by atoms with Crippen LogP contribution in [0.25, 0.3) is 0 Å². The van der Waals surface area contributed by atoms with Gasteiger partial charge in [-0.2, -0.15) is 0 Å². The van der Waals surface area contributed by atoms with Gasteiger partial charge >= 0.3 is 5.97 Å². The van der Waals surface area contributed by atoms with Gasteiger partial charge in [0.1, 0.15) is 11.5 Å². The van der Waals surface area contributed by atoms with Gasteiger partial charge in [0.2, 0.25) is 5.91 Å². The molecule has 0 bridgehead atoms. The fraction of sp³-hybridized carbons (Fsp3) is 0.650. The zero-order valence-electron chi connectivity index (χ0n) is 29.0. The molecule has 5 rings (SSSR count). The first-order valence-electron chi connectivity index (χ1n) is 18.0. The van der Waals surface area contributed by atoms with Crippen LogP contribution in [-0.2, 0) is 16.0 Å². The molecule has 3 aliphatic carbocycles. The molecule has 0 heterocycles. The van der Waals surface area contributed by atoms with Gasteiger partial charge in [0, 0.05) is 26.9 Å². The minimum absolute atomic E-state index is 0.0819. The Kier molecular flexibility index (Phi) is 11.2. The van der Waals surface area contributed by atoms with E-state index < -0.39 is 0 Å². The maximum Gasteiger partial charge on any atom is 0.308 e. The number of aryl methyl sites for hydroxylation is 1. The topological polar surface area (TPSA) is 76.1 Å². The van der Waals surface area contributed by atoms with E-state index in [9.17, 15) is 14.7 Å². The lowest BCUT2D eigenvalue weighted by molar-refractivity contribution is -0.132. The fourth-order valence-corrected chi connectivity index (χ4v) is 9.41. The van der Waals surface area contributed by atoms with Gasteiger partial charge in [-0.3, -0.25) is 9.59 Å². The summed E-state index contributed by atoms with van der Waals surface area (Å²) in [6.07, 6.45) is 12.9. The van der Waals surface area contributed by atoms with Crippen LogP contribution in [-0.4, -0.2) is 48.2 Å². The molecular formula is C40H57NO5. The molecule has 46 heavy (non-hydrogen) atoms. The number of carbonyl (C=O) groups is 2. The zero-order valence-corrected chi connectivity index (χ0v) is 29.0. The van der Waals surface area contributed by atoms with Crippen molar-refractivity contribution in [3.05, 3.63) is 59.2 Å². The Bertz CT molecular complexity index is 1340. The van der Waals surface area contributed by atoms with Gasteiger partial charge < -0.3 is 19.5 Å². The van der Waals surface area contributed by atoms with E-state index in [4.69, 9.17) is 9.47 Å². The van der Waals surface area contributed by atoms with Crippen LogP contribution in [0.4, 0.5) is 0 Å². The highest BCUT2D eigenvalue weighted by Crippen LogP contribution is 2.70. The van der Waals surface area contributed by atoms with E-state index in [1.54, 1.807) is 0 Å². The number of benzene rings is 2. The van der Waals surface area contributed by atoms with Crippen molar-refractivity contribution in [2.24, 2.45) is 16.7 Å². The highest BCUT2D eigenvalue weighted by molar-refractivity contribution is 5.75. The number of aliphatic hydroxyl groups excluding tert-OH is 1. The molecule has 6 heteroatoms. The van der Waals surface area contributed by atoms with Gasteiger partial charge in [-0.25, -0.2) is 0 Å². The number of rotatable bonds is 14. The summed E-state index contributed by atoms with van der Waals surface area (Å²) in [6, 6.07) is 15.0. The summed E-state index contributed by atoms with van der Waals surface area (Å²) in [5, 5.41) is 11.3. The smallest absolute Gasteiger partial charge is 0.308 e. The molecule has 3 aliphatic rings. The summed E-state index contributed by atoms with van der Waals surface area (Å²) < 4.78 is 11.6. The second-order valence-electron chi connectivity index (χ2n) is 15.0. The number of amides is 1. The van der Waals surface area contributed by atoms with E-state index in [2.05, 4.69) is 57.2 Å². The van der Waals surface area contributed by atoms with Crippen LogP contribution in [0.5, 0.6) is 11.5 Å². The molecule has 0 aromatic heterocycles. The Morgan fingerprint density at radius 3 is 2.39 bits per heavy atom. The van der Waals surface area contributed by atoms with Crippen LogP contribution in [0.2, 0.25) is 0 Å². The van der Waals surface area contributed by atoms with E-state index in [-0.39, 0.29) is 34.7 Å². The number of nitrogens with zero attached hydrogens (tertiary/aromatic N) is 1. The average Bonchev–Trinajstić information content (AvgIpc) is 3.34. The van der Waals surface area contributed by atoms with Gasteiger partial charge in [-0.05, 0) is 121 Å². The lowest BCUT2D eigenvalue weighted by Gasteiger charge is -2.60. The molecule has 2 fully saturated rings. The van der Waals surface area contributed by atoms with Crippen molar-refractivity contribution >= 4 is 11.9 Å². The molecule has 2 aromatic rings. The third kappa shape index (κ3) is 7.32. The number of aliphatic hydroxyl groups is 1. The Balaban J connectivity index is 1.20. The van der Waals surface area contributed by atoms with Crippen LogP contribution in [0, 0.1) is 16.7 Å². The molecule has 0 radical (unpaired) electrons. The normalized spacial score (nSPS) is 28.1. The third-order valence-corrected chi connectivity index (χ3v) is 11.9. The Morgan fingerprint density at radius 1 is 0.935 bits per heavy atom. The molecule has 1 N–H and O–H groups in total. The molecular weight excluding hydrogens is 574 g/mol. The lowest BCUT2D eigenvalue weighted by atomic mass is 9.44. The number of fused-ring (bicyclic) bond motifs is 5. The van der Waals surface area contributed by atoms with Crippen LogP contribution in [0.3, 0.4) is 0 Å². The standard InChI is InChI=1S/C40H57NO5/c1-6-7-24-41(5)37(44)13-11-9-8-10-12-25-45-31-16-14-29(15-17-31)34-27-40(4)35(20-21-36(40)43)39(3)23-22-30-26-32(46-28(2)42)18-19-33(30)38(34)39/h14-19,26,34-36,38,43H,6-13,20-25,27H2,1-5H3/t34-,35?,36+,38?,39+,40+/m1/s1. The summed E-state index contributed by atoms with van der Waals surface area (Å²) in [6.45, 7) is 9.99. The van der Waals surface area contributed by atoms with Gasteiger partial charge in [0.25, 0.3) is 0 Å². The number of esters is 1. The van der Waals surface area contributed by atoms with Gasteiger partial charge in [0.05, 0.1) is 12.7 Å². The molecule has 2 saturated carbocycles. The second-order valence-corrected chi connectivity index (χ2v) is 15.0. The molecule has 0 spiro atoms. The van der Waals surface area contributed by atoms with E-state index in [1.165, 1.54) is 23.6 Å². The van der Waals surface area contributed by atoms with Gasteiger partial charge in [-0.15, -0.1) is 0 Å². The minimum atomic E-state index is -0.288. The summed E-state index contributed by atoms with van der Waals surface area (Å²) in [5.41, 5.74) is 3.97. The number of carbonyl (C=O) groups excluding carboxylic acids is 2. The van der Waals surface area contributed by atoms with Crippen molar-refractivity contribution in [1.82, 2.24) is 4.90 Å². The monoisotopic (exact) mass is 631 g/mol. The summed E-state index contributed by atoms with van der Waals surface area (Å²) in [7, 11) is 1.92. The first-order chi connectivity index (χ1) is 22.1. The van der Waals surface area contributed by atoms with Crippen LogP contribution in [0.1, 0.15) is 133 Å². The molecule has 252 valence electrons. The van der Waals surface area contributed by atoms with E-state index >= 15 is 0 Å². The van der Waals surface area contributed by atoms with E-state index in [0.29, 0.717) is 30.6 Å². The van der Waals surface area contributed by atoms with Crippen LogP contribution < -0.4 is 9.47 Å². The number of ether oxygens (including phenoxy) is 2. The summed E-state index contributed by atoms with van der Waals surface area (Å²) >= 11 is 0. The molecule has 6 atom stereocenters. The van der Waals surface area contributed by atoms with Gasteiger partial charge in [0.15, 0.2) is 0 Å². The SMILES string of the molecule is CCCCN(C)C(=O)CCCCCCCOc1ccc([C@H]2C[C@@]3(C)C(CC[C@@H]3O)[C@]3(C)CCc4cc(OC(C)=O)ccc4C23)cc1. The molecule has 0 saturated heterocycles. The van der Waals surface area contributed by atoms with E-state index in [1.807, 2.05) is 18.0 Å². The summed E-state index contributed by atoms with van der Waals surface area (Å²) in [5.74, 6) is 2.62. The van der Waals surface area contributed by atoms with Crippen molar-refractivity contribution in [1.29, 1.82) is 0 Å². The Hall–Kier alpha value is -2.86. The molecule has 0 aliphatic heterocycles. The number of unbranched alkanes of at least 4 members (excludes halogenated alkanes) is 5. The van der Waals surface area contributed by atoms with Crippen molar-refractivity contribution in [3.8, 4) is 11.5 Å². The molecule has 2 unspecified atom stereocenters. The number of hydrogen-bond acceptors (Lipinski definition) is 5. The molecule has 2 aromatic carbocycles. The summed E-state index contributed by atoms with van der Waals surface area (Å²) in [4.78, 5) is 25.7. The average molecular weight is 632 g/mol. The van der Waals surface area contributed by atoms with Crippen molar-refractivity contribution in [2.45, 2.75) is 129 Å². The maximum absolute atomic E-state index is 12.2. The Labute approximate surface area is 277 Å². The van der Waals surface area contributed by atoms with Crippen molar-refractivity contribution in [3.63, 3.8) is 0 Å². The minimum Gasteiger partial charge on any atom is -0.494 e. The predicted molar refractivity (Wildman–Crippen MR) is 183 cm³/mol.